The van der Waals surface area contributed by atoms with Crippen LogP contribution in [-0.4, -0.2) is 27.1 Å². The number of aromatic nitrogens is 3. The summed E-state index contributed by atoms with van der Waals surface area (Å²) < 4.78 is 38.9. The lowest BCUT2D eigenvalue weighted by Gasteiger charge is -2.14. The SMILES string of the molecule is CC.CCOC(=O)c1cnc(Cn2c(C)cc(OCc3ccc(F)cc3F)c(Br)c2=O)cn1. The van der Waals surface area contributed by atoms with Crippen molar-refractivity contribution >= 4 is 21.9 Å². The molecule has 0 aliphatic rings. The van der Waals surface area contributed by atoms with E-state index >= 15 is 0 Å². The van der Waals surface area contributed by atoms with Gasteiger partial charge in [0.15, 0.2) is 5.69 Å². The van der Waals surface area contributed by atoms with Gasteiger partial charge in [-0.25, -0.2) is 18.6 Å². The predicted octanol–water partition coefficient (Wildman–Crippen LogP) is 4.82. The third-order valence-electron chi connectivity index (χ3n) is 4.32. The van der Waals surface area contributed by atoms with Crippen molar-refractivity contribution in [3.63, 3.8) is 0 Å². The van der Waals surface area contributed by atoms with Crippen molar-refractivity contribution in [1.29, 1.82) is 0 Å². The third-order valence-corrected chi connectivity index (χ3v) is 5.05. The standard InChI is InChI=1S/C21H18BrF2N3O4.C2H6/c1-3-30-21(29)17-9-25-15(8-26-17)10-27-12(2)6-18(19(22)20(27)28)31-11-13-4-5-14(23)7-16(13)24;1-2/h4-9H,3,10-11H2,1-2H3;1-2H3. The molecule has 1 aromatic carbocycles. The number of carbonyl (C=O) groups is 1. The van der Waals surface area contributed by atoms with Crippen molar-refractivity contribution in [3.8, 4) is 5.75 Å². The molecule has 0 amide bonds. The van der Waals surface area contributed by atoms with Crippen molar-refractivity contribution in [3.05, 3.63) is 85.8 Å². The highest BCUT2D eigenvalue weighted by Gasteiger charge is 2.15. The molecule has 3 aromatic rings. The molecule has 2 heterocycles. The van der Waals surface area contributed by atoms with Crippen LogP contribution in [0.1, 0.15) is 48.2 Å². The summed E-state index contributed by atoms with van der Waals surface area (Å²) in [5.74, 6) is -1.76. The maximum atomic E-state index is 13.8. The average molecular weight is 524 g/mol. The summed E-state index contributed by atoms with van der Waals surface area (Å²) in [6.45, 7) is 7.57. The Morgan fingerprint density at radius 2 is 1.88 bits per heavy atom. The van der Waals surface area contributed by atoms with E-state index in [1.165, 1.54) is 23.0 Å². The fourth-order valence-corrected chi connectivity index (χ4v) is 3.16. The molecule has 0 aliphatic carbocycles. The highest BCUT2D eigenvalue weighted by molar-refractivity contribution is 9.10. The number of halogens is 3. The average Bonchev–Trinajstić information content (AvgIpc) is 2.81. The molecule has 0 spiro atoms. The Balaban J connectivity index is 0.00000187. The minimum absolute atomic E-state index is 0.0765. The number of pyridine rings is 1. The number of esters is 1. The molecular formula is C23H24BrF2N3O4. The molecule has 0 saturated heterocycles. The van der Waals surface area contributed by atoms with Crippen LogP contribution < -0.4 is 10.3 Å². The number of rotatable bonds is 7. The van der Waals surface area contributed by atoms with E-state index in [9.17, 15) is 18.4 Å². The second-order valence-electron chi connectivity index (χ2n) is 6.49. The summed E-state index contributed by atoms with van der Waals surface area (Å²) in [6, 6.07) is 4.80. The monoisotopic (exact) mass is 523 g/mol. The van der Waals surface area contributed by atoms with Gasteiger partial charge < -0.3 is 14.0 Å². The summed E-state index contributed by atoms with van der Waals surface area (Å²) in [5.41, 5.74) is 0.886. The van der Waals surface area contributed by atoms with Crippen molar-refractivity contribution in [1.82, 2.24) is 14.5 Å². The molecule has 0 bridgehead atoms. The van der Waals surface area contributed by atoms with Gasteiger partial charge in [-0.1, -0.05) is 13.8 Å². The highest BCUT2D eigenvalue weighted by Crippen LogP contribution is 2.24. The minimum Gasteiger partial charge on any atom is -0.487 e. The van der Waals surface area contributed by atoms with E-state index in [1.54, 1.807) is 19.9 Å². The zero-order chi connectivity index (χ0) is 24.5. The fraction of sp³-hybridized carbons (Fsp3) is 0.304. The van der Waals surface area contributed by atoms with Gasteiger partial charge in [-0.3, -0.25) is 9.78 Å². The molecule has 0 aliphatic heterocycles. The van der Waals surface area contributed by atoms with Crippen LogP contribution in [0.2, 0.25) is 0 Å². The largest absolute Gasteiger partial charge is 0.487 e. The number of ether oxygens (including phenoxy) is 2. The van der Waals surface area contributed by atoms with Crippen molar-refractivity contribution in [2.75, 3.05) is 6.61 Å². The van der Waals surface area contributed by atoms with Gasteiger partial charge in [0.2, 0.25) is 0 Å². The fourth-order valence-electron chi connectivity index (χ4n) is 2.72. The van der Waals surface area contributed by atoms with Crippen molar-refractivity contribution < 1.29 is 23.0 Å². The van der Waals surface area contributed by atoms with Gasteiger partial charge in [0.25, 0.3) is 5.56 Å². The molecule has 0 N–H and O–H groups in total. The molecule has 0 fully saturated rings. The second kappa shape index (κ2) is 12.2. The summed E-state index contributed by atoms with van der Waals surface area (Å²) >= 11 is 3.22. The number of aryl methyl sites for hydroxylation is 1. The van der Waals surface area contributed by atoms with Gasteiger partial charge in [-0.2, -0.15) is 0 Å². The number of carbonyl (C=O) groups excluding carboxylic acids is 1. The first kappa shape index (κ1) is 26.1. The first-order chi connectivity index (χ1) is 15.8. The molecule has 176 valence electrons. The number of nitrogens with zero attached hydrogens (tertiary/aromatic N) is 3. The molecule has 2 aromatic heterocycles. The lowest BCUT2D eigenvalue weighted by atomic mass is 10.2. The molecule has 3 rings (SSSR count). The Hall–Kier alpha value is -3.14. The van der Waals surface area contributed by atoms with Gasteiger partial charge >= 0.3 is 5.97 Å². The molecule has 10 heteroatoms. The van der Waals surface area contributed by atoms with Crippen LogP contribution in [0.25, 0.3) is 0 Å². The van der Waals surface area contributed by atoms with Crippen molar-refractivity contribution in [2.45, 2.75) is 40.8 Å². The molecule has 0 unspecified atom stereocenters. The Labute approximate surface area is 198 Å². The van der Waals surface area contributed by atoms with Crippen LogP contribution in [0, 0.1) is 18.6 Å². The number of hydrogen-bond donors (Lipinski definition) is 0. The van der Waals surface area contributed by atoms with E-state index in [2.05, 4.69) is 25.9 Å². The van der Waals surface area contributed by atoms with E-state index in [4.69, 9.17) is 9.47 Å². The van der Waals surface area contributed by atoms with Crippen LogP contribution in [0.3, 0.4) is 0 Å². The van der Waals surface area contributed by atoms with Crippen LogP contribution in [0.4, 0.5) is 8.78 Å². The maximum absolute atomic E-state index is 13.8. The van der Waals surface area contributed by atoms with Crippen LogP contribution in [0.15, 0.2) is 45.9 Å². The van der Waals surface area contributed by atoms with Gasteiger partial charge in [0, 0.05) is 23.4 Å². The zero-order valence-electron chi connectivity index (χ0n) is 18.7. The Morgan fingerprint density at radius 1 is 1.15 bits per heavy atom. The minimum atomic E-state index is -0.731. The zero-order valence-corrected chi connectivity index (χ0v) is 20.3. The molecule has 0 saturated carbocycles. The lowest BCUT2D eigenvalue weighted by Crippen LogP contribution is -2.25. The lowest BCUT2D eigenvalue weighted by molar-refractivity contribution is 0.0519. The molecule has 33 heavy (non-hydrogen) atoms. The van der Waals surface area contributed by atoms with Crippen LogP contribution >= 0.6 is 15.9 Å². The van der Waals surface area contributed by atoms with E-state index in [1.807, 2.05) is 13.8 Å². The summed E-state index contributed by atoms with van der Waals surface area (Å²) in [6.07, 6.45) is 2.69. The normalized spacial score (nSPS) is 10.3. The van der Waals surface area contributed by atoms with Gasteiger partial charge in [0.1, 0.15) is 28.5 Å². The predicted molar refractivity (Wildman–Crippen MR) is 122 cm³/mol. The number of hydrogen-bond acceptors (Lipinski definition) is 6. The second-order valence-corrected chi connectivity index (χ2v) is 7.29. The highest BCUT2D eigenvalue weighted by atomic mass is 79.9. The van der Waals surface area contributed by atoms with E-state index in [0.29, 0.717) is 11.4 Å². The smallest absolute Gasteiger partial charge is 0.358 e. The maximum Gasteiger partial charge on any atom is 0.358 e. The third kappa shape index (κ3) is 6.67. The molecule has 0 radical (unpaired) electrons. The van der Waals surface area contributed by atoms with E-state index in [0.717, 1.165) is 12.1 Å². The van der Waals surface area contributed by atoms with E-state index < -0.39 is 17.6 Å². The Morgan fingerprint density at radius 3 is 2.48 bits per heavy atom. The van der Waals surface area contributed by atoms with Crippen LogP contribution in [0.5, 0.6) is 5.75 Å². The van der Waals surface area contributed by atoms with Gasteiger partial charge in [-0.05, 0) is 41.9 Å². The summed E-state index contributed by atoms with van der Waals surface area (Å²) in [4.78, 5) is 32.6. The topological polar surface area (TPSA) is 83.3 Å². The van der Waals surface area contributed by atoms with E-state index in [-0.39, 0.29) is 46.8 Å². The Kier molecular flexibility index (Phi) is 9.65. The molecule has 7 nitrogen and oxygen atoms in total. The quantitative estimate of drug-likeness (QED) is 0.413. The Bertz CT molecular complexity index is 1170. The van der Waals surface area contributed by atoms with Gasteiger partial charge in [0.05, 0.1) is 31.2 Å². The summed E-state index contributed by atoms with van der Waals surface area (Å²) in [7, 11) is 0. The van der Waals surface area contributed by atoms with Crippen LogP contribution in [-0.2, 0) is 17.9 Å². The molecular weight excluding hydrogens is 500 g/mol. The first-order valence-corrected chi connectivity index (χ1v) is 11.0. The first-order valence-electron chi connectivity index (χ1n) is 10.2. The number of benzene rings is 1. The summed E-state index contributed by atoms with van der Waals surface area (Å²) in [5, 5.41) is 0. The molecule has 0 atom stereocenters. The van der Waals surface area contributed by atoms with Gasteiger partial charge in [-0.15, -0.1) is 0 Å². The van der Waals surface area contributed by atoms with Crippen molar-refractivity contribution in [2.24, 2.45) is 0 Å².